The van der Waals surface area contributed by atoms with Crippen LogP contribution in [-0.2, 0) is 19.6 Å². The number of nitrogens with zero attached hydrogens (tertiary/aromatic N) is 1. The first-order valence-electron chi connectivity index (χ1n) is 6.24. The molecule has 1 aromatic heterocycles. The van der Waals surface area contributed by atoms with Crippen molar-refractivity contribution in [2.75, 3.05) is 13.6 Å². The van der Waals surface area contributed by atoms with Crippen LogP contribution in [0.2, 0.25) is 0 Å². The maximum atomic E-state index is 12.9. The van der Waals surface area contributed by atoms with Gasteiger partial charge in [-0.25, -0.2) is 0 Å². The van der Waals surface area contributed by atoms with Crippen LogP contribution in [0.25, 0.3) is 10.9 Å². The zero-order valence-corrected chi connectivity index (χ0v) is 11.0. The number of hydrogen-bond acceptors (Lipinski definition) is 1. The second-order valence-electron chi connectivity index (χ2n) is 4.64. The zero-order chi connectivity index (χ0) is 14.0. The van der Waals surface area contributed by atoms with Crippen molar-refractivity contribution in [1.82, 2.24) is 9.88 Å². The summed E-state index contributed by atoms with van der Waals surface area (Å²) >= 11 is 0. The first-order valence-corrected chi connectivity index (χ1v) is 6.24. The van der Waals surface area contributed by atoms with Crippen molar-refractivity contribution in [3.63, 3.8) is 0 Å². The molecule has 0 saturated carbocycles. The van der Waals surface area contributed by atoms with Crippen LogP contribution in [0.3, 0.4) is 0 Å². The average molecular weight is 270 g/mol. The predicted octanol–water partition coefficient (Wildman–Crippen LogP) is 3.35. The molecule has 0 spiro atoms. The van der Waals surface area contributed by atoms with Crippen molar-refractivity contribution in [3.05, 3.63) is 35.5 Å². The third-order valence-electron chi connectivity index (χ3n) is 3.35. The lowest BCUT2D eigenvalue weighted by Crippen LogP contribution is -2.09. The Labute approximate surface area is 110 Å². The molecule has 2 aromatic rings. The smallest absolute Gasteiger partial charge is 0.348 e. The first-order chi connectivity index (χ1) is 8.95. The number of fused-ring (bicyclic) bond motifs is 1. The molecule has 0 unspecified atom stereocenters. The highest BCUT2D eigenvalue weighted by atomic mass is 19.4. The summed E-state index contributed by atoms with van der Waals surface area (Å²) in [5.74, 6) is 0. The van der Waals surface area contributed by atoms with E-state index in [1.165, 1.54) is 6.07 Å². The molecule has 2 rings (SSSR count). The fraction of sp³-hybridized carbons (Fsp3) is 0.429. The van der Waals surface area contributed by atoms with Crippen LogP contribution in [0.5, 0.6) is 0 Å². The molecule has 1 heterocycles. The number of aryl methyl sites for hydroxylation is 2. The highest BCUT2D eigenvalue weighted by molar-refractivity contribution is 5.85. The highest BCUT2D eigenvalue weighted by Crippen LogP contribution is 2.35. The summed E-state index contributed by atoms with van der Waals surface area (Å²) in [4.78, 5) is 0. The van der Waals surface area contributed by atoms with Gasteiger partial charge in [0.1, 0.15) is 0 Å². The molecule has 0 radical (unpaired) electrons. The second kappa shape index (κ2) is 5.25. The molecule has 0 aliphatic rings. The quantitative estimate of drug-likeness (QED) is 0.843. The van der Waals surface area contributed by atoms with Gasteiger partial charge in [-0.05, 0) is 44.6 Å². The van der Waals surface area contributed by atoms with Gasteiger partial charge in [-0.3, -0.25) is 0 Å². The molecular weight excluding hydrogens is 253 g/mol. The maximum Gasteiger partial charge on any atom is 0.417 e. The molecule has 0 atom stereocenters. The molecule has 0 aliphatic carbocycles. The van der Waals surface area contributed by atoms with Gasteiger partial charge in [-0.1, -0.05) is 6.07 Å². The van der Waals surface area contributed by atoms with Gasteiger partial charge < -0.3 is 9.88 Å². The van der Waals surface area contributed by atoms with E-state index in [0.717, 1.165) is 31.1 Å². The van der Waals surface area contributed by atoms with E-state index in [2.05, 4.69) is 5.32 Å². The molecular formula is C14H17F3N2. The summed E-state index contributed by atoms with van der Waals surface area (Å²) in [5, 5.41) is 3.33. The number of nitrogens with one attached hydrogen (secondary N) is 1. The number of hydrogen-bond donors (Lipinski definition) is 1. The molecule has 0 bridgehead atoms. The molecule has 5 heteroatoms. The number of aromatic nitrogens is 1. The van der Waals surface area contributed by atoms with Crippen LogP contribution in [0.1, 0.15) is 17.7 Å². The van der Waals surface area contributed by atoms with Gasteiger partial charge >= 0.3 is 6.18 Å². The van der Waals surface area contributed by atoms with Crippen LogP contribution >= 0.6 is 0 Å². The highest BCUT2D eigenvalue weighted by Gasteiger charge is 2.33. The number of halogens is 3. The zero-order valence-electron chi connectivity index (χ0n) is 11.0. The Bertz CT molecular complexity index is 570. The van der Waals surface area contributed by atoms with Gasteiger partial charge in [0.15, 0.2) is 0 Å². The Kier molecular flexibility index (Phi) is 3.85. The van der Waals surface area contributed by atoms with Gasteiger partial charge in [0.2, 0.25) is 0 Å². The van der Waals surface area contributed by atoms with Gasteiger partial charge in [0, 0.05) is 23.6 Å². The summed E-state index contributed by atoms with van der Waals surface area (Å²) in [5.41, 5.74) is 1.01. The van der Waals surface area contributed by atoms with E-state index in [9.17, 15) is 13.2 Å². The molecule has 1 N–H and O–H groups in total. The monoisotopic (exact) mass is 270 g/mol. The van der Waals surface area contributed by atoms with Gasteiger partial charge in [-0.15, -0.1) is 0 Å². The standard InChI is InChI=1S/C14H17F3N2/c1-18-8-4-5-10-9-11-12(14(15,16)17)6-3-7-13(11)19(10)2/h3,6-7,9,18H,4-5,8H2,1-2H3. The van der Waals surface area contributed by atoms with Crippen LogP contribution in [-0.4, -0.2) is 18.2 Å². The maximum absolute atomic E-state index is 12.9. The lowest BCUT2D eigenvalue weighted by molar-refractivity contribution is -0.136. The van der Waals surface area contributed by atoms with Crippen LogP contribution in [0.15, 0.2) is 24.3 Å². The summed E-state index contributed by atoms with van der Waals surface area (Å²) in [7, 11) is 3.68. The van der Waals surface area contributed by atoms with Crippen LogP contribution in [0.4, 0.5) is 13.2 Å². The van der Waals surface area contributed by atoms with E-state index in [0.29, 0.717) is 5.52 Å². The molecule has 1 aromatic carbocycles. The van der Waals surface area contributed by atoms with E-state index >= 15 is 0 Å². The fourth-order valence-electron chi connectivity index (χ4n) is 2.35. The van der Waals surface area contributed by atoms with Crippen molar-refractivity contribution < 1.29 is 13.2 Å². The first kappa shape index (κ1) is 13.9. The molecule has 19 heavy (non-hydrogen) atoms. The van der Waals surface area contributed by atoms with Gasteiger partial charge in [0.05, 0.1) is 5.56 Å². The minimum atomic E-state index is -4.30. The van der Waals surface area contributed by atoms with Crippen LogP contribution < -0.4 is 5.32 Å². The Balaban J connectivity index is 2.44. The summed E-state index contributed by atoms with van der Waals surface area (Å²) in [6.45, 7) is 0.855. The largest absolute Gasteiger partial charge is 0.417 e. The molecule has 0 amide bonds. The van der Waals surface area contributed by atoms with Crippen molar-refractivity contribution in [2.45, 2.75) is 19.0 Å². The number of rotatable bonds is 4. The number of alkyl halides is 3. The van der Waals surface area contributed by atoms with Crippen molar-refractivity contribution in [1.29, 1.82) is 0 Å². The topological polar surface area (TPSA) is 17.0 Å². The Morgan fingerprint density at radius 1 is 1.26 bits per heavy atom. The third-order valence-corrected chi connectivity index (χ3v) is 3.35. The van der Waals surface area contributed by atoms with E-state index < -0.39 is 11.7 Å². The van der Waals surface area contributed by atoms with Crippen molar-refractivity contribution in [2.24, 2.45) is 7.05 Å². The molecule has 0 saturated heterocycles. The molecule has 104 valence electrons. The summed E-state index contributed by atoms with van der Waals surface area (Å²) in [6, 6.07) is 5.99. The Morgan fingerprint density at radius 2 is 2.00 bits per heavy atom. The van der Waals surface area contributed by atoms with E-state index in [1.807, 2.05) is 18.7 Å². The third kappa shape index (κ3) is 2.76. The Morgan fingerprint density at radius 3 is 2.63 bits per heavy atom. The Hall–Kier alpha value is -1.49. The summed E-state index contributed by atoms with van der Waals surface area (Å²) < 4.78 is 40.7. The lowest BCUT2D eigenvalue weighted by Gasteiger charge is -2.08. The second-order valence-corrected chi connectivity index (χ2v) is 4.64. The predicted molar refractivity (Wildman–Crippen MR) is 70.2 cm³/mol. The average Bonchev–Trinajstić information content (AvgIpc) is 2.66. The molecule has 0 aliphatic heterocycles. The lowest BCUT2D eigenvalue weighted by atomic mass is 10.1. The minimum Gasteiger partial charge on any atom is -0.348 e. The minimum absolute atomic E-state index is 0.289. The van der Waals surface area contributed by atoms with Crippen molar-refractivity contribution in [3.8, 4) is 0 Å². The van der Waals surface area contributed by atoms with Crippen LogP contribution in [0, 0.1) is 0 Å². The molecule has 0 fully saturated rings. The van der Waals surface area contributed by atoms with Gasteiger partial charge in [-0.2, -0.15) is 13.2 Å². The van der Waals surface area contributed by atoms with E-state index in [-0.39, 0.29) is 5.39 Å². The number of benzene rings is 1. The van der Waals surface area contributed by atoms with Crippen molar-refractivity contribution >= 4 is 10.9 Å². The van der Waals surface area contributed by atoms with Gasteiger partial charge in [0.25, 0.3) is 0 Å². The fourth-order valence-corrected chi connectivity index (χ4v) is 2.35. The van der Waals surface area contributed by atoms with E-state index in [1.54, 1.807) is 12.1 Å². The normalized spacial score (nSPS) is 12.3. The molecule has 2 nitrogen and oxygen atoms in total. The van der Waals surface area contributed by atoms with E-state index in [4.69, 9.17) is 0 Å². The SMILES string of the molecule is CNCCCc1cc2c(C(F)(F)F)cccc2n1C. The summed E-state index contributed by atoms with van der Waals surface area (Å²) in [6.07, 6.45) is -2.63.